The monoisotopic (exact) mass is 395 g/mol. The van der Waals surface area contributed by atoms with Crippen LogP contribution in [0.2, 0.25) is 0 Å². The van der Waals surface area contributed by atoms with Gasteiger partial charge in [0.15, 0.2) is 0 Å². The summed E-state index contributed by atoms with van der Waals surface area (Å²) >= 11 is 8.72. The largest absolute Gasteiger partial charge is 0.389 e. The predicted molar refractivity (Wildman–Crippen MR) is 84.1 cm³/mol. The lowest BCUT2D eigenvalue weighted by Crippen LogP contribution is -2.39. The Morgan fingerprint density at radius 3 is 2.44 bits per heavy atom. The Bertz CT molecular complexity index is 367. The van der Waals surface area contributed by atoms with E-state index < -0.39 is 5.60 Å². The number of nitrogens with one attached hydrogen (secondary N) is 1. The average molecular weight is 397 g/mol. The highest BCUT2D eigenvalue weighted by molar-refractivity contribution is 9.13. The summed E-state index contributed by atoms with van der Waals surface area (Å²) in [7, 11) is 0. The molecule has 0 amide bonds. The summed E-state index contributed by atoms with van der Waals surface area (Å²) in [6.07, 6.45) is 6.75. The molecule has 1 heterocycles. The molecule has 1 aliphatic rings. The van der Waals surface area contributed by atoms with Gasteiger partial charge in [0, 0.05) is 22.4 Å². The second-order valence-corrected chi connectivity index (χ2v) is 8.39. The van der Waals surface area contributed by atoms with Crippen LogP contribution in [0.15, 0.2) is 14.3 Å². The minimum atomic E-state index is -0.484. The van der Waals surface area contributed by atoms with Gasteiger partial charge < -0.3 is 10.4 Å². The number of halogens is 2. The molecule has 0 aromatic carbocycles. The van der Waals surface area contributed by atoms with Crippen LogP contribution < -0.4 is 5.32 Å². The molecule has 0 aliphatic heterocycles. The first-order valence-corrected chi connectivity index (χ1v) is 8.86. The molecule has 0 atom stereocenters. The first-order valence-electron chi connectivity index (χ1n) is 6.46. The molecule has 0 spiro atoms. The minimum absolute atomic E-state index is 0.484. The Balaban J connectivity index is 1.80. The second kappa shape index (κ2) is 6.84. The quantitative estimate of drug-likeness (QED) is 0.737. The van der Waals surface area contributed by atoms with Crippen molar-refractivity contribution in [1.29, 1.82) is 0 Å². The molecule has 5 heteroatoms. The first-order chi connectivity index (χ1) is 8.59. The van der Waals surface area contributed by atoms with Gasteiger partial charge in [0.05, 0.1) is 9.39 Å². The summed E-state index contributed by atoms with van der Waals surface area (Å²) in [4.78, 5) is 1.28. The third-order valence-corrected chi connectivity index (χ3v) is 6.74. The van der Waals surface area contributed by atoms with Gasteiger partial charge >= 0.3 is 0 Å². The molecular weight excluding hydrogens is 378 g/mol. The Hall–Kier alpha value is 0.580. The molecule has 0 saturated heterocycles. The third kappa shape index (κ3) is 4.30. The van der Waals surface area contributed by atoms with Crippen LogP contribution in [-0.4, -0.2) is 17.3 Å². The van der Waals surface area contributed by atoms with Crippen LogP contribution in [-0.2, 0) is 6.54 Å². The molecule has 1 aromatic heterocycles. The van der Waals surface area contributed by atoms with E-state index in [0.717, 1.165) is 40.5 Å². The molecule has 102 valence electrons. The summed E-state index contributed by atoms with van der Waals surface area (Å²) in [5.41, 5.74) is -0.484. The standard InChI is InChI=1S/C13H19Br2NOS/c14-11-7-10(18-12(11)15)8-16-9-13(17)5-3-1-2-4-6-13/h7,16-17H,1-6,8-9H2. The minimum Gasteiger partial charge on any atom is -0.389 e. The zero-order chi connectivity index (χ0) is 13.0. The maximum absolute atomic E-state index is 10.5. The van der Waals surface area contributed by atoms with E-state index in [-0.39, 0.29) is 0 Å². The van der Waals surface area contributed by atoms with Gasteiger partial charge in [-0.2, -0.15) is 0 Å². The molecule has 1 aliphatic carbocycles. The van der Waals surface area contributed by atoms with Crippen molar-refractivity contribution >= 4 is 43.2 Å². The van der Waals surface area contributed by atoms with E-state index in [2.05, 4.69) is 43.2 Å². The van der Waals surface area contributed by atoms with Crippen molar-refractivity contribution < 1.29 is 5.11 Å². The maximum Gasteiger partial charge on any atom is 0.0843 e. The van der Waals surface area contributed by atoms with Crippen molar-refractivity contribution in [2.75, 3.05) is 6.54 Å². The maximum atomic E-state index is 10.5. The van der Waals surface area contributed by atoms with Gasteiger partial charge in [-0.15, -0.1) is 11.3 Å². The first kappa shape index (κ1) is 15.0. The summed E-state index contributed by atoms with van der Waals surface area (Å²) in [6.45, 7) is 1.54. The van der Waals surface area contributed by atoms with Crippen molar-refractivity contribution in [2.45, 2.75) is 50.7 Å². The van der Waals surface area contributed by atoms with E-state index in [4.69, 9.17) is 0 Å². The molecule has 2 rings (SSSR count). The molecule has 0 bridgehead atoms. The van der Waals surface area contributed by atoms with Crippen LogP contribution in [0.5, 0.6) is 0 Å². The van der Waals surface area contributed by atoms with E-state index in [9.17, 15) is 5.11 Å². The molecule has 1 saturated carbocycles. The Kier molecular flexibility index (Phi) is 5.69. The van der Waals surface area contributed by atoms with Crippen molar-refractivity contribution in [2.24, 2.45) is 0 Å². The number of hydrogen-bond acceptors (Lipinski definition) is 3. The van der Waals surface area contributed by atoms with E-state index >= 15 is 0 Å². The van der Waals surface area contributed by atoms with Gasteiger partial charge in [0.2, 0.25) is 0 Å². The van der Waals surface area contributed by atoms with E-state index in [1.807, 2.05) is 0 Å². The van der Waals surface area contributed by atoms with Gasteiger partial charge in [-0.25, -0.2) is 0 Å². The fourth-order valence-electron chi connectivity index (χ4n) is 2.46. The molecule has 0 radical (unpaired) electrons. The van der Waals surface area contributed by atoms with Gasteiger partial charge in [-0.3, -0.25) is 0 Å². The van der Waals surface area contributed by atoms with Crippen molar-refractivity contribution in [1.82, 2.24) is 5.32 Å². The Morgan fingerprint density at radius 2 is 1.89 bits per heavy atom. The second-order valence-electron chi connectivity index (χ2n) is 5.08. The highest BCUT2D eigenvalue weighted by Crippen LogP contribution is 2.32. The fraction of sp³-hybridized carbons (Fsp3) is 0.692. The molecular formula is C13H19Br2NOS. The average Bonchev–Trinajstić information content (AvgIpc) is 2.52. The molecule has 1 aromatic rings. The van der Waals surface area contributed by atoms with Gasteiger partial charge in [-0.1, -0.05) is 25.7 Å². The van der Waals surface area contributed by atoms with Gasteiger partial charge in [0.1, 0.15) is 0 Å². The summed E-state index contributed by atoms with van der Waals surface area (Å²) in [6, 6.07) is 2.12. The van der Waals surface area contributed by atoms with Crippen LogP contribution in [0.3, 0.4) is 0 Å². The summed E-state index contributed by atoms with van der Waals surface area (Å²) in [5, 5.41) is 13.9. The molecule has 2 nitrogen and oxygen atoms in total. The van der Waals surface area contributed by atoms with Crippen LogP contribution in [0.25, 0.3) is 0 Å². The number of aliphatic hydroxyl groups is 1. The van der Waals surface area contributed by atoms with Crippen LogP contribution in [0.4, 0.5) is 0 Å². The smallest absolute Gasteiger partial charge is 0.0843 e. The van der Waals surface area contributed by atoms with Crippen LogP contribution in [0.1, 0.15) is 43.4 Å². The van der Waals surface area contributed by atoms with E-state index in [0.29, 0.717) is 6.54 Å². The van der Waals surface area contributed by atoms with Gasteiger partial charge in [0.25, 0.3) is 0 Å². The number of rotatable bonds is 4. The number of hydrogen-bond donors (Lipinski definition) is 2. The Morgan fingerprint density at radius 1 is 1.22 bits per heavy atom. The highest BCUT2D eigenvalue weighted by atomic mass is 79.9. The third-order valence-electron chi connectivity index (χ3n) is 3.48. The van der Waals surface area contributed by atoms with Crippen molar-refractivity contribution in [3.8, 4) is 0 Å². The van der Waals surface area contributed by atoms with Gasteiger partial charge in [-0.05, 0) is 50.8 Å². The summed E-state index contributed by atoms with van der Waals surface area (Å²) < 4.78 is 2.24. The lowest BCUT2D eigenvalue weighted by atomic mass is 9.94. The highest BCUT2D eigenvalue weighted by Gasteiger charge is 2.27. The molecule has 0 unspecified atom stereocenters. The SMILES string of the molecule is OC1(CNCc2cc(Br)c(Br)s2)CCCCCC1. The molecule has 2 N–H and O–H groups in total. The molecule has 1 fully saturated rings. The topological polar surface area (TPSA) is 32.3 Å². The normalized spacial score (nSPS) is 19.7. The summed E-state index contributed by atoms with van der Waals surface area (Å²) in [5.74, 6) is 0. The van der Waals surface area contributed by atoms with Crippen molar-refractivity contribution in [3.63, 3.8) is 0 Å². The van der Waals surface area contributed by atoms with Crippen molar-refractivity contribution in [3.05, 3.63) is 19.2 Å². The number of thiophene rings is 1. The van der Waals surface area contributed by atoms with Crippen LogP contribution >= 0.6 is 43.2 Å². The zero-order valence-electron chi connectivity index (χ0n) is 10.3. The zero-order valence-corrected chi connectivity index (χ0v) is 14.3. The van der Waals surface area contributed by atoms with E-state index in [1.165, 1.54) is 17.7 Å². The Labute approximate surface area is 129 Å². The molecule has 18 heavy (non-hydrogen) atoms. The lowest BCUT2D eigenvalue weighted by Gasteiger charge is -2.26. The van der Waals surface area contributed by atoms with E-state index in [1.54, 1.807) is 11.3 Å². The lowest BCUT2D eigenvalue weighted by molar-refractivity contribution is 0.0251. The predicted octanol–water partition coefficient (Wildman–Crippen LogP) is 4.45. The van der Waals surface area contributed by atoms with Crippen LogP contribution in [0, 0.1) is 0 Å². The fourth-order valence-corrected chi connectivity index (χ4v) is 4.61.